The van der Waals surface area contributed by atoms with E-state index < -0.39 is 23.7 Å². The molecule has 0 bridgehead atoms. The monoisotopic (exact) mass is 405 g/mol. The summed E-state index contributed by atoms with van der Waals surface area (Å²) in [5, 5.41) is 7.13. The van der Waals surface area contributed by atoms with E-state index in [1.165, 1.54) is 0 Å². The van der Waals surface area contributed by atoms with E-state index in [1.54, 1.807) is 17.9 Å². The van der Waals surface area contributed by atoms with Crippen LogP contribution in [0, 0.1) is 6.92 Å². The Morgan fingerprint density at radius 2 is 1.73 bits per heavy atom. The molecule has 1 atom stereocenters. The number of carbonyl (C=O) groups excluding carboxylic acids is 3. The number of rotatable bonds is 7. The van der Waals surface area contributed by atoms with Gasteiger partial charge in [0.2, 0.25) is 0 Å². The summed E-state index contributed by atoms with van der Waals surface area (Å²) in [6.45, 7) is 1.94. The van der Waals surface area contributed by atoms with Gasteiger partial charge in [-0.1, -0.05) is 54.6 Å². The number of nitrogens with one attached hydrogen (secondary N) is 1. The summed E-state index contributed by atoms with van der Waals surface area (Å²) in [6.07, 6.45) is 1.76. The summed E-state index contributed by atoms with van der Waals surface area (Å²) >= 11 is 0. The highest BCUT2D eigenvalue weighted by Gasteiger charge is 2.29. The summed E-state index contributed by atoms with van der Waals surface area (Å²) in [4.78, 5) is 37.5. The first-order valence-corrected chi connectivity index (χ1v) is 9.47. The number of aryl methyl sites for hydroxylation is 2. The Labute approximate surface area is 174 Å². The predicted octanol–water partition coefficient (Wildman–Crippen LogP) is 2.48. The van der Waals surface area contributed by atoms with Crippen LogP contribution in [0.1, 0.15) is 21.5 Å². The third-order valence-electron chi connectivity index (χ3n) is 4.76. The van der Waals surface area contributed by atoms with Crippen molar-refractivity contribution in [1.82, 2.24) is 15.1 Å². The average Bonchev–Trinajstić information content (AvgIpc) is 3.14. The van der Waals surface area contributed by atoms with Crippen molar-refractivity contribution in [2.24, 2.45) is 7.05 Å². The first kappa shape index (κ1) is 21.0. The molecule has 0 saturated heterocycles. The van der Waals surface area contributed by atoms with Crippen LogP contribution in [0.15, 0.2) is 60.8 Å². The van der Waals surface area contributed by atoms with Crippen molar-refractivity contribution in [2.45, 2.75) is 19.4 Å². The predicted molar refractivity (Wildman–Crippen MR) is 112 cm³/mol. The second-order valence-corrected chi connectivity index (χ2v) is 6.95. The molecule has 154 valence electrons. The summed E-state index contributed by atoms with van der Waals surface area (Å²) < 4.78 is 6.12. The molecule has 0 spiro atoms. The first-order valence-electron chi connectivity index (χ1n) is 9.47. The highest BCUT2D eigenvalue weighted by Crippen LogP contribution is 2.25. The number of aromatic nitrogens is 2. The Bertz CT molecular complexity index is 1070. The third kappa shape index (κ3) is 4.63. The van der Waals surface area contributed by atoms with Crippen LogP contribution in [0.5, 0.6) is 0 Å². The van der Waals surface area contributed by atoms with Gasteiger partial charge in [0.25, 0.3) is 11.7 Å². The number of nitrogens with zero attached hydrogens (tertiary/aromatic N) is 2. The SMILES string of the molecule is COC(=O)C(=O)C(Cc1ccccc1)NC(=O)c1cn(C)nc1-c1ccccc1C. The fourth-order valence-corrected chi connectivity index (χ4v) is 3.23. The van der Waals surface area contributed by atoms with Gasteiger partial charge >= 0.3 is 5.97 Å². The van der Waals surface area contributed by atoms with E-state index in [2.05, 4.69) is 15.2 Å². The zero-order valence-corrected chi connectivity index (χ0v) is 17.1. The van der Waals surface area contributed by atoms with Crippen LogP contribution in [-0.2, 0) is 27.8 Å². The van der Waals surface area contributed by atoms with Crippen LogP contribution in [0.3, 0.4) is 0 Å². The fraction of sp³-hybridized carbons (Fsp3) is 0.217. The molecule has 0 radical (unpaired) electrons. The number of hydrogen-bond donors (Lipinski definition) is 1. The molecule has 0 fully saturated rings. The van der Waals surface area contributed by atoms with Gasteiger partial charge in [-0.05, 0) is 18.1 Å². The van der Waals surface area contributed by atoms with Crippen LogP contribution in [-0.4, -0.2) is 40.6 Å². The third-order valence-corrected chi connectivity index (χ3v) is 4.76. The lowest BCUT2D eigenvalue weighted by molar-refractivity contribution is -0.152. The Balaban J connectivity index is 1.92. The van der Waals surface area contributed by atoms with E-state index in [0.717, 1.165) is 23.8 Å². The molecule has 7 heteroatoms. The normalized spacial score (nSPS) is 11.6. The van der Waals surface area contributed by atoms with Crippen molar-refractivity contribution in [3.8, 4) is 11.3 Å². The zero-order chi connectivity index (χ0) is 21.7. The molecule has 1 N–H and O–H groups in total. The van der Waals surface area contributed by atoms with Gasteiger partial charge in [-0.2, -0.15) is 5.10 Å². The van der Waals surface area contributed by atoms with E-state index >= 15 is 0 Å². The second kappa shape index (κ2) is 9.17. The first-order chi connectivity index (χ1) is 14.4. The van der Waals surface area contributed by atoms with Crippen molar-refractivity contribution in [3.05, 3.63) is 77.5 Å². The van der Waals surface area contributed by atoms with Crippen molar-refractivity contribution < 1.29 is 19.1 Å². The number of methoxy groups -OCH3 is 1. The smallest absolute Gasteiger partial charge is 0.376 e. The summed E-state index contributed by atoms with van der Waals surface area (Å²) in [7, 11) is 2.86. The highest BCUT2D eigenvalue weighted by atomic mass is 16.5. The largest absolute Gasteiger partial charge is 0.463 e. The summed E-state index contributed by atoms with van der Waals surface area (Å²) in [5.74, 6) is -2.29. The number of ketones is 1. The lowest BCUT2D eigenvalue weighted by atomic mass is 10.00. The molecule has 7 nitrogen and oxygen atoms in total. The van der Waals surface area contributed by atoms with Crippen LogP contribution < -0.4 is 5.32 Å². The van der Waals surface area contributed by atoms with Crippen molar-refractivity contribution >= 4 is 17.7 Å². The topological polar surface area (TPSA) is 90.3 Å². The minimum atomic E-state index is -1.06. The van der Waals surface area contributed by atoms with Gasteiger partial charge in [0.15, 0.2) is 0 Å². The van der Waals surface area contributed by atoms with Crippen LogP contribution in [0.2, 0.25) is 0 Å². The minimum absolute atomic E-state index is 0.167. The van der Waals surface area contributed by atoms with Gasteiger partial charge in [-0.3, -0.25) is 14.3 Å². The molecular formula is C23H23N3O4. The van der Waals surface area contributed by atoms with Gasteiger partial charge in [0.1, 0.15) is 11.7 Å². The number of carbonyl (C=O) groups is 3. The maximum atomic E-state index is 13.1. The number of amides is 1. The Kier molecular flexibility index (Phi) is 6.41. The molecule has 3 rings (SSSR count). The van der Waals surface area contributed by atoms with E-state index in [1.807, 2.05) is 61.5 Å². The highest BCUT2D eigenvalue weighted by molar-refractivity contribution is 6.36. The standard InChI is InChI=1S/C23H23N3O4/c1-15-9-7-8-12-17(15)20-18(14-26(2)25-20)22(28)24-19(21(27)23(29)30-3)13-16-10-5-4-6-11-16/h4-12,14,19H,13H2,1-3H3,(H,24,28). The van der Waals surface area contributed by atoms with Gasteiger partial charge in [-0.15, -0.1) is 0 Å². The molecule has 1 heterocycles. The van der Waals surface area contributed by atoms with E-state index in [4.69, 9.17) is 0 Å². The van der Waals surface area contributed by atoms with Gasteiger partial charge in [0, 0.05) is 25.2 Å². The Morgan fingerprint density at radius 3 is 2.40 bits per heavy atom. The summed E-state index contributed by atoms with van der Waals surface area (Å²) in [5.41, 5.74) is 3.43. The maximum Gasteiger partial charge on any atom is 0.376 e. The molecule has 1 aromatic heterocycles. The average molecular weight is 405 g/mol. The number of Topliss-reactive ketones (excluding diaryl/α,β-unsaturated/α-hetero) is 1. The van der Waals surface area contributed by atoms with Crippen LogP contribution in [0.4, 0.5) is 0 Å². The van der Waals surface area contributed by atoms with Gasteiger partial charge in [0.05, 0.1) is 12.7 Å². The quantitative estimate of drug-likeness (QED) is 0.482. The van der Waals surface area contributed by atoms with E-state index in [0.29, 0.717) is 11.3 Å². The molecule has 1 unspecified atom stereocenters. The Hall–Kier alpha value is -3.74. The zero-order valence-electron chi connectivity index (χ0n) is 17.1. The molecule has 30 heavy (non-hydrogen) atoms. The van der Waals surface area contributed by atoms with Crippen LogP contribution >= 0.6 is 0 Å². The minimum Gasteiger partial charge on any atom is -0.463 e. The Morgan fingerprint density at radius 1 is 1.07 bits per heavy atom. The number of benzene rings is 2. The number of hydrogen-bond acceptors (Lipinski definition) is 5. The van der Waals surface area contributed by atoms with Gasteiger partial charge < -0.3 is 10.1 Å². The van der Waals surface area contributed by atoms with E-state index in [9.17, 15) is 14.4 Å². The van der Waals surface area contributed by atoms with Crippen molar-refractivity contribution in [3.63, 3.8) is 0 Å². The molecule has 3 aromatic rings. The number of esters is 1. The molecular weight excluding hydrogens is 382 g/mol. The molecule has 0 saturated carbocycles. The molecule has 0 aliphatic heterocycles. The van der Waals surface area contributed by atoms with Crippen molar-refractivity contribution in [1.29, 1.82) is 0 Å². The maximum absolute atomic E-state index is 13.1. The second-order valence-electron chi connectivity index (χ2n) is 6.95. The van der Waals surface area contributed by atoms with Gasteiger partial charge in [-0.25, -0.2) is 4.79 Å². The van der Waals surface area contributed by atoms with Crippen molar-refractivity contribution in [2.75, 3.05) is 7.11 Å². The molecule has 0 aliphatic rings. The lowest BCUT2D eigenvalue weighted by Crippen LogP contribution is -2.45. The molecule has 0 aliphatic carbocycles. The van der Waals surface area contributed by atoms with E-state index in [-0.39, 0.29) is 6.42 Å². The van der Waals surface area contributed by atoms with Crippen LogP contribution in [0.25, 0.3) is 11.3 Å². The molecule has 1 amide bonds. The summed E-state index contributed by atoms with van der Waals surface area (Å²) in [6, 6.07) is 15.7. The lowest BCUT2D eigenvalue weighted by Gasteiger charge is -2.17. The fourth-order valence-electron chi connectivity index (χ4n) is 3.23. The molecule has 2 aromatic carbocycles. The number of ether oxygens (including phenoxy) is 1.